The summed E-state index contributed by atoms with van der Waals surface area (Å²) in [5.41, 5.74) is 0.762. The second-order valence-electron chi connectivity index (χ2n) is 6.30. The maximum Gasteiger partial charge on any atom is 0.274 e. The Bertz CT molecular complexity index is 1000. The number of rotatable bonds is 3. The van der Waals surface area contributed by atoms with Crippen LogP contribution in [0.25, 0.3) is 10.2 Å². The largest absolute Gasteiger partial charge is 0.467 e. The van der Waals surface area contributed by atoms with Gasteiger partial charge in [-0.3, -0.25) is 4.79 Å². The van der Waals surface area contributed by atoms with Gasteiger partial charge >= 0.3 is 0 Å². The zero-order valence-corrected chi connectivity index (χ0v) is 16.5. The lowest BCUT2D eigenvalue weighted by Gasteiger charge is -2.31. The molecule has 1 aliphatic heterocycles. The molecule has 140 valence electrons. The van der Waals surface area contributed by atoms with E-state index in [2.05, 4.69) is 20.9 Å². The van der Waals surface area contributed by atoms with E-state index in [9.17, 15) is 13.6 Å². The molecule has 0 aliphatic carbocycles. The fourth-order valence-corrected chi connectivity index (χ4v) is 4.49. The Kier molecular flexibility index (Phi) is 5.10. The number of hydrogen-bond donors (Lipinski definition) is 0. The molecule has 8 heteroatoms. The van der Waals surface area contributed by atoms with Crippen LogP contribution in [0.15, 0.2) is 40.9 Å². The van der Waals surface area contributed by atoms with E-state index in [1.807, 2.05) is 18.2 Å². The van der Waals surface area contributed by atoms with E-state index >= 15 is 0 Å². The SMILES string of the molecule is O=C(c1ccccc1Br)N1CCC(Oc2nc3c(F)cc(F)cc3s2)CC1. The molecule has 1 aliphatic rings. The van der Waals surface area contributed by atoms with Gasteiger partial charge < -0.3 is 9.64 Å². The number of amides is 1. The molecule has 0 saturated carbocycles. The van der Waals surface area contributed by atoms with Crippen molar-refractivity contribution in [3.8, 4) is 5.19 Å². The van der Waals surface area contributed by atoms with E-state index in [4.69, 9.17) is 4.74 Å². The van der Waals surface area contributed by atoms with Gasteiger partial charge in [0.15, 0.2) is 5.82 Å². The quantitative estimate of drug-likeness (QED) is 0.560. The number of carbonyl (C=O) groups is 1. The van der Waals surface area contributed by atoms with Crippen LogP contribution in [-0.4, -0.2) is 35.0 Å². The van der Waals surface area contributed by atoms with E-state index in [-0.39, 0.29) is 17.5 Å². The van der Waals surface area contributed by atoms with Crippen LogP contribution in [-0.2, 0) is 0 Å². The molecule has 0 unspecified atom stereocenters. The molecule has 3 aromatic rings. The first-order valence-corrected chi connectivity index (χ1v) is 10.1. The average molecular weight is 453 g/mol. The topological polar surface area (TPSA) is 42.4 Å². The van der Waals surface area contributed by atoms with Crippen molar-refractivity contribution in [3.05, 3.63) is 58.1 Å². The maximum atomic E-state index is 13.8. The minimum absolute atomic E-state index is 0.0153. The van der Waals surface area contributed by atoms with Crippen molar-refractivity contribution in [3.63, 3.8) is 0 Å². The number of piperidine rings is 1. The summed E-state index contributed by atoms with van der Waals surface area (Å²) >= 11 is 4.54. The number of halogens is 3. The van der Waals surface area contributed by atoms with Gasteiger partial charge in [0.1, 0.15) is 17.4 Å². The number of likely N-dealkylation sites (tertiary alicyclic amines) is 1. The highest BCUT2D eigenvalue weighted by molar-refractivity contribution is 9.10. The molecule has 2 heterocycles. The third kappa shape index (κ3) is 3.82. The second-order valence-corrected chi connectivity index (χ2v) is 8.15. The second kappa shape index (κ2) is 7.52. The van der Waals surface area contributed by atoms with Crippen LogP contribution in [0.3, 0.4) is 0 Å². The molecule has 1 aromatic heterocycles. The van der Waals surface area contributed by atoms with Gasteiger partial charge in [-0.25, -0.2) is 8.78 Å². The Hall–Kier alpha value is -2.06. The normalized spacial score (nSPS) is 15.3. The minimum atomic E-state index is -0.690. The highest BCUT2D eigenvalue weighted by Crippen LogP contribution is 2.32. The van der Waals surface area contributed by atoms with Crippen molar-refractivity contribution in [1.29, 1.82) is 0 Å². The van der Waals surface area contributed by atoms with Gasteiger partial charge in [-0.2, -0.15) is 4.98 Å². The van der Waals surface area contributed by atoms with Crippen molar-refractivity contribution in [2.45, 2.75) is 18.9 Å². The summed E-state index contributed by atoms with van der Waals surface area (Å²) in [5, 5.41) is 0.324. The van der Waals surface area contributed by atoms with Crippen LogP contribution >= 0.6 is 27.3 Å². The third-order valence-electron chi connectivity index (χ3n) is 4.49. The molecule has 0 radical (unpaired) electrons. The Morgan fingerprint density at radius 3 is 2.70 bits per heavy atom. The Morgan fingerprint density at radius 1 is 1.22 bits per heavy atom. The molecule has 0 N–H and O–H groups in total. The molecule has 1 amide bonds. The summed E-state index contributed by atoms with van der Waals surface area (Å²) in [6.07, 6.45) is 1.20. The minimum Gasteiger partial charge on any atom is -0.467 e. The van der Waals surface area contributed by atoms with Gasteiger partial charge in [-0.1, -0.05) is 23.5 Å². The predicted molar refractivity (Wildman–Crippen MR) is 103 cm³/mol. The van der Waals surface area contributed by atoms with Crippen LogP contribution in [0, 0.1) is 11.6 Å². The van der Waals surface area contributed by atoms with E-state index in [0.717, 1.165) is 21.9 Å². The summed E-state index contributed by atoms with van der Waals surface area (Å²) < 4.78 is 34.1. The zero-order chi connectivity index (χ0) is 19.0. The number of thiazole rings is 1. The number of fused-ring (bicyclic) bond motifs is 1. The summed E-state index contributed by atoms with van der Waals surface area (Å²) in [5.74, 6) is -1.34. The van der Waals surface area contributed by atoms with Gasteiger partial charge in [0.25, 0.3) is 11.1 Å². The summed E-state index contributed by atoms with van der Waals surface area (Å²) in [7, 11) is 0. The summed E-state index contributed by atoms with van der Waals surface area (Å²) in [6.45, 7) is 1.14. The molecular weight excluding hydrogens is 438 g/mol. The number of nitrogens with zero attached hydrogens (tertiary/aromatic N) is 2. The molecule has 27 heavy (non-hydrogen) atoms. The van der Waals surface area contributed by atoms with Gasteiger partial charge in [0, 0.05) is 36.5 Å². The molecule has 1 saturated heterocycles. The number of carbonyl (C=O) groups excluding carboxylic acids is 1. The van der Waals surface area contributed by atoms with Gasteiger partial charge in [0.2, 0.25) is 0 Å². The molecule has 2 aromatic carbocycles. The number of hydrogen-bond acceptors (Lipinski definition) is 4. The lowest BCUT2D eigenvalue weighted by Crippen LogP contribution is -2.41. The summed E-state index contributed by atoms with van der Waals surface area (Å²) in [6, 6.07) is 9.41. The number of aromatic nitrogens is 1. The van der Waals surface area contributed by atoms with Crippen LogP contribution < -0.4 is 4.74 Å². The molecule has 0 atom stereocenters. The monoisotopic (exact) mass is 452 g/mol. The van der Waals surface area contributed by atoms with Crippen molar-refractivity contribution in [2.24, 2.45) is 0 Å². The fourth-order valence-electron chi connectivity index (χ4n) is 3.11. The fraction of sp³-hybridized carbons (Fsp3) is 0.263. The maximum absolute atomic E-state index is 13.8. The van der Waals surface area contributed by atoms with E-state index in [1.54, 1.807) is 11.0 Å². The van der Waals surface area contributed by atoms with Crippen LogP contribution in [0.2, 0.25) is 0 Å². The van der Waals surface area contributed by atoms with Crippen molar-refractivity contribution >= 4 is 43.4 Å². The van der Waals surface area contributed by atoms with E-state index in [0.29, 0.717) is 41.4 Å². The molecule has 0 spiro atoms. The first kappa shape index (κ1) is 18.3. The average Bonchev–Trinajstić information content (AvgIpc) is 3.05. The number of ether oxygens (including phenoxy) is 1. The van der Waals surface area contributed by atoms with Crippen LogP contribution in [0.4, 0.5) is 8.78 Å². The van der Waals surface area contributed by atoms with E-state index in [1.165, 1.54) is 6.07 Å². The standard InChI is InChI=1S/C19H15BrF2N2O2S/c20-14-4-2-1-3-13(14)18(25)24-7-5-12(6-8-24)26-19-23-17-15(22)9-11(21)10-16(17)27-19/h1-4,9-10,12H,5-8H2. The Balaban J connectivity index is 1.40. The van der Waals surface area contributed by atoms with Gasteiger partial charge in [-0.15, -0.1) is 0 Å². The van der Waals surface area contributed by atoms with Gasteiger partial charge in [0.05, 0.1) is 10.3 Å². The first-order chi connectivity index (χ1) is 13.0. The number of benzene rings is 2. The van der Waals surface area contributed by atoms with Crippen molar-refractivity contribution < 1.29 is 18.3 Å². The summed E-state index contributed by atoms with van der Waals surface area (Å²) in [4.78, 5) is 18.6. The molecule has 4 nitrogen and oxygen atoms in total. The van der Waals surface area contributed by atoms with E-state index < -0.39 is 11.6 Å². The highest BCUT2D eigenvalue weighted by Gasteiger charge is 2.26. The van der Waals surface area contributed by atoms with Crippen molar-refractivity contribution in [2.75, 3.05) is 13.1 Å². The van der Waals surface area contributed by atoms with Gasteiger partial charge in [-0.05, 0) is 34.1 Å². The Labute approximate surface area is 166 Å². The lowest BCUT2D eigenvalue weighted by atomic mass is 10.1. The zero-order valence-electron chi connectivity index (χ0n) is 14.1. The molecular formula is C19H15BrF2N2O2S. The lowest BCUT2D eigenvalue weighted by molar-refractivity contribution is 0.0594. The first-order valence-electron chi connectivity index (χ1n) is 8.47. The van der Waals surface area contributed by atoms with Crippen molar-refractivity contribution in [1.82, 2.24) is 9.88 Å². The van der Waals surface area contributed by atoms with Crippen LogP contribution in [0.1, 0.15) is 23.2 Å². The molecule has 4 rings (SSSR count). The third-order valence-corrected chi connectivity index (χ3v) is 6.08. The Morgan fingerprint density at radius 2 is 1.96 bits per heavy atom. The smallest absolute Gasteiger partial charge is 0.274 e. The van der Waals surface area contributed by atoms with Crippen LogP contribution in [0.5, 0.6) is 5.19 Å². The highest BCUT2D eigenvalue weighted by atomic mass is 79.9. The molecule has 0 bridgehead atoms. The molecule has 1 fully saturated rings. The predicted octanol–water partition coefficient (Wildman–Crippen LogP) is 5.02.